The van der Waals surface area contributed by atoms with Crippen molar-refractivity contribution in [3.63, 3.8) is 0 Å². The molecule has 0 rings (SSSR count). The van der Waals surface area contributed by atoms with Gasteiger partial charge in [0.25, 0.3) is 0 Å². The fourth-order valence-corrected chi connectivity index (χ4v) is 7.17. The average molecular weight is 929 g/mol. The molecule has 0 saturated carbocycles. The Morgan fingerprint density at radius 1 is 0.313 bits per heavy atom. The van der Waals surface area contributed by atoms with Crippen LogP contribution in [-0.4, -0.2) is 37.2 Å². The van der Waals surface area contributed by atoms with Gasteiger partial charge in [-0.3, -0.25) is 14.4 Å². The molecule has 67 heavy (non-hydrogen) atoms. The Kier molecular flexibility index (Phi) is 51.5. The largest absolute Gasteiger partial charge is 0.462 e. The maximum atomic E-state index is 12.8. The predicted molar refractivity (Wildman–Crippen MR) is 288 cm³/mol. The highest BCUT2D eigenvalue weighted by atomic mass is 16.6. The molecule has 6 heteroatoms. The minimum atomic E-state index is -0.805. The number of carbonyl (C=O) groups excluding carboxylic acids is 3. The van der Waals surface area contributed by atoms with Crippen LogP contribution >= 0.6 is 0 Å². The van der Waals surface area contributed by atoms with Gasteiger partial charge >= 0.3 is 17.9 Å². The molecule has 0 amide bonds. The number of unbranched alkanes of at least 4 members (excludes halogenated alkanes) is 19. The van der Waals surface area contributed by atoms with Crippen molar-refractivity contribution < 1.29 is 28.6 Å². The predicted octanol–water partition coefficient (Wildman–Crippen LogP) is 18.3. The van der Waals surface area contributed by atoms with Gasteiger partial charge in [-0.2, -0.15) is 0 Å². The Balaban J connectivity index is 4.40. The Labute approximate surface area is 412 Å². The molecule has 0 bridgehead atoms. The van der Waals surface area contributed by atoms with E-state index < -0.39 is 6.10 Å². The van der Waals surface area contributed by atoms with Gasteiger partial charge in [-0.15, -0.1) is 0 Å². The van der Waals surface area contributed by atoms with Crippen LogP contribution in [0.5, 0.6) is 0 Å². The summed E-state index contributed by atoms with van der Waals surface area (Å²) in [6, 6.07) is 0. The van der Waals surface area contributed by atoms with E-state index in [-0.39, 0.29) is 37.5 Å². The van der Waals surface area contributed by atoms with Crippen LogP contribution in [0.2, 0.25) is 0 Å². The Morgan fingerprint density at radius 2 is 0.597 bits per heavy atom. The monoisotopic (exact) mass is 929 g/mol. The molecule has 0 radical (unpaired) electrons. The third-order valence-electron chi connectivity index (χ3n) is 11.3. The number of hydrogen-bond donors (Lipinski definition) is 0. The number of rotatable bonds is 48. The van der Waals surface area contributed by atoms with E-state index in [1.165, 1.54) is 89.9 Å². The van der Waals surface area contributed by atoms with Crippen LogP contribution < -0.4 is 0 Å². The lowest BCUT2D eigenvalue weighted by Gasteiger charge is -2.18. The standard InChI is InChI=1S/C61H100O6/c1-4-7-10-13-16-19-21-23-25-27-29-30-31-32-33-35-36-38-40-42-45-48-51-54-60(63)66-57-58(56-65-59(62)53-50-47-44-18-15-12-9-6-3)67-61(64)55-52-49-46-43-41-39-37-34-28-26-24-22-20-17-14-11-8-5-2/h7,10,16,19-20,22-23,25-26,28-30,32-33,36,38,42,45,58H,4-6,8-9,11-15,17-18,21,24,27,31,34-35,37,39-41,43-44,46-57H2,1-3H3/b10-7-,19-16-,22-20-,25-23-,28-26-,30-29-,33-32-,38-36-,45-42-. The van der Waals surface area contributed by atoms with Crippen molar-refractivity contribution >= 4 is 17.9 Å². The molecule has 0 fully saturated rings. The van der Waals surface area contributed by atoms with Gasteiger partial charge in [-0.1, -0.05) is 226 Å². The third kappa shape index (κ3) is 52.9. The summed E-state index contributed by atoms with van der Waals surface area (Å²) in [4.78, 5) is 37.9. The molecule has 0 aromatic carbocycles. The van der Waals surface area contributed by atoms with Gasteiger partial charge in [0.2, 0.25) is 0 Å². The maximum Gasteiger partial charge on any atom is 0.306 e. The van der Waals surface area contributed by atoms with Crippen molar-refractivity contribution in [3.05, 3.63) is 109 Å². The summed E-state index contributed by atoms with van der Waals surface area (Å²) in [6.07, 6.45) is 73.8. The molecular weight excluding hydrogens is 829 g/mol. The summed E-state index contributed by atoms with van der Waals surface area (Å²) >= 11 is 0. The van der Waals surface area contributed by atoms with Gasteiger partial charge in [-0.05, 0) is 103 Å². The Bertz CT molecular complexity index is 1390. The first-order valence-electron chi connectivity index (χ1n) is 27.4. The van der Waals surface area contributed by atoms with Gasteiger partial charge in [-0.25, -0.2) is 0 Å². The lowest BCUT2D eigenvalue weighted by atomic mass is 10.1. The van der Waals surface area contributed by atoms with Crippen LogP contribution in [-0.2, 0) is 28.6 Å². The van der Waals surface area contributed by atoms with Crippen molar-refractivity contribution in [2.24, 2.45) is 0 Å². The summed E-state index contributed by atoms with van der Waals surface area (Å²) < 4.78 is 16.7. The molecule has 0 saturated heterocycles. The normalized spacial score (nSPS) is 12.9. The van der Waals surface area contributed by atoms with Crippen LogP contribution in [0.1, 0.15) is 239 Å². The van der Waals surface area contributed by atoms with Gasteiger partial charge < -0.3 is 14.2 Å². The summed E-state index contributed by atoms with van der Waals surface area (Å²) in [5.41, 5.74) is 0. The van der Waals surface area contributed by atoms with E-state index in [2.05, 4.69) is 130 Å². The molecule has 1 unspecified atom stereocenters. The molecule has 0 N–H and O–H groups in total. The first kappa shape index (κ1) is 63.1. The van der Waals surface area contributed by atoms with Crippen LogP contribution in [0.25, 0.3) is 0 Å². The fraction of sp³-hybridized carbons (Fsp3) is 0.656. The zero-order valence-corrected chi connectivity index (χ0v) is 43.4. The number of hydrogen-bond acceptors (Lipinski definition) is 6. The van der Waals surface area contributed by atoms with Crippen molar-refractivity contribution in [3.8, 4) is 0 Å². The van der Waals surface area contributed by atoms with E-state index in [1.807, 2.05) is 0 Å². The van der Waals surface area contributed by atoms with Crippen molar-refractivity contribution in [1.29, 1.82) is 0 Å². The SMILES string of the molecule is CC/C=C\C/C=C\C/C=C\C/C=C\C/C=C\C/C=C\C/C=C\CCCC(=O)OCC(COC(=O)CCCCCCCCCC)OC(=O)CCCCCCCCC/C=C\C/C=C\CCCCCC. The highest BCUT2D eigenvalue weighted by Gasteiger charge is 2.19. The van der Waals surface area contributed by atoms with Gasteiger partial charge in [0, 0.05) is 19.3 Å². The molecule has 0 aliphatic carbocycles. The molecule has 380 valence electrons. The molecule has 0 aliphatic heterocycles. The average Bonchev–Trinajstić information content (AvgIpc) is 3.33. The van der Waals surface area contributed by atoms with E-state index in [4.69, 9.17) is 14.2 Å². The molecule has 6 nitrogen and oxygen atoms in total. The van der Waals surface area contributed by atoms with Gasteiger partial charge in [0.05, 0.1) is 0 Å². The van der Waals surface area contributed by atoms with Crippen LogP contribution in [0, 0.1) is 0 Å². The minimum absolute atomic E-state index is 0.1000. The first-order chi connectivity index (χ1) is 33.0. The van der Waals surface area contributed by atoms with Crippen molar-refractivity contribution in [2.75, 3.05) is 13.2 Å². The van der Waals surface area contributed by atoms with E-state index in [0.717, 1.165) is 103 Å². The van der Waals surface area contributed by atoms with E-state index in [0.29, 0.717) is 19.3 Å². The summed E-state index contributed by atoms with van der Waals surface area (Å²) in [5.74, 6) is -0.977. The van der Waals surface area contributed by atoms with Crippen molar-refractivity contribution in [1.82, 2.24) is 0 Å². The summed E-state index contributed by atoms with van der Waals surface area (Å²) in [6.45, 7) is 6.42. The highest BCUT2D eigenvalue weighted by Crippen LogP contribution is 2.13. The lowest BCUT2D eigenvalue weighted by Crippen LogP contribution is -2.30. The quantitative estimate of drug-likeness (QED) is 0.0262. The fourth-order valence-electron chi connectivity index (χ4n) is 7.17. The van der Waals surface area contributed by atoms with Gasteiger partial charge in [0.1, 0.15) is 13.2 Å². The highest BCUT2D eigenvalue weighted by molar-refractivity contribution is 5.71. The number of esters is 3. The van der Waals surface area contributed by atoms with E-state index in [9.17, 15) is 14.4 Å². The zero-order valence-electron chi connectivity index (χ0n) is 43.4. The number of allylic oxidation sites excluding steroid dienone is 18. The second-order valence-electron chi connectivity index (χ2n) is 17.8. The molecule has 1 atom stereocenters. The number of carbonyl (C=O) groups is 3. The van der Waals surface area contributed by atoms with Gasteiger partial charge in [0.15, 0.2) is 6.10 Å². The zero-order chi connectivity index (χ0) is 48.6. The smallest absolute Gasteiger partial charge is 0.306 e. The van der Waals surface area contributed by atoms with E-state index in [1.54, 1.807) is 0 Å². The minimum Gasteiger partial charge on any atom is -0.462 e. The number of ether oxygens (including phenoxy) is 3. The summed E-state index contributed by atoms with van der Waals surface area (Å²) in [7, 11) is 0. The lowest BCUT2D eigenvalue weighted by molar-refractivity contribution is -0.167. The summed E-state index contributed by atoms with van der Waals surface area (Å²) in [5, 5.41) is 0. The maximum absolute atomic E-state index is 12.8. The molecule has 0 aromatic heterocycles. The van der Waals surface area contributed by atoms with Crippen molar-refractivity contribution in [2.45, 2.75) is 245 Å². The molecule has 0 aromatic rings. The Hall–Kier alpha value is -3.93. The Morgan fingerprint density at radius 3 is 0.985 bits per heavy atom. The van der Waals surface area contributed by atoms with Crippen LogP contribution in [0.15, 0.2) is 109 Å². The molecule has 0 spiro atoms. The van der Waals surface area contributed by atoms with Crippen LogP contribution in [0.3, 0.4) is 0 Å². The topological polar surface area (TPSA) is 78.9 Å². The van der Waals surface area contributed by atoms with E-state index >= 15 is 0 Å². The molecule has 0 aliphatic rings. The third-order valence-corrected chi connectivity index (χ3v) is 11.3. The molecular formula is C61H100O6. The second kappa shape index (κ2) is 54.7. The molecule has 0 heterocycles. The second-order valence-corrected chi connectivity index (χ2v) is 17.8. The van der Waals surface area contributed by atoms with Crippen LogP contribution in [0.4, 0.5) is 0 Å². The first-order valence-corrected chi connectivity index (χ1v) is 27.4.